The average molecular weight is 295 g/mol. The lowest BCUT2D eigenvalue weighted by Gasteiger charge is -2.24. The molecule has 0 N–H and O–H groups in total. The molecule has 2 heterocycles. The maximum atomic E-state index is 9.74. The van der Waals surface area contributed by atoms with Crippen molar-refractivity contribution in [1.29, 1.82) is 5.26 Å². The van der Waals surface area contributed by atoms with E-state index >= 15 is 0 Å². The molecule has 22 heavy (non-hydrogen) atoms. The van der Waals surface area contributed by atoms with Crippen molar-refractivity contribution in [2.75, 3.05) is 0 Å². The number of aromatic nitrogens is 2. The number of nitrogens with zero attached hydrogens (tertiary/aromatic N) is 3. The van der Waals surface area contributed by atoms with Gasteiger partial charge in [0.2, 0.25) is 0 Å². The molecule has 0 aliphatic rings. The lowest BCUT2D eigenvalue weighted by molar-refractivity contribution is 0.567. The molecule has 0 saturated heterocycles. The van der Waals surface area contributed by atoms with E-state index in [1.165, 1.54) is 0 Å². The highest BCUT2D eigenvalue weighted by atomic mass is 14.8. The molecule has 2 aromatic rings. The molecule has 0 amide bonds. The number of nitriles is 1. The fourth-order valence-electron chi connectivity index (χ4n) is 2.91. The van der Waals surface area contributed by atoms with Crippen LogP contribution in [-0.2, 0) is 5.41 Å². The lowest BCUT2D eigenvalue weighted by Crippen LogP contribution is -2.18. The molecule has 0 spiro atoms. The van der Waals surface area contributed by atoms with Crippen LogP contribution in [0.2, 0.25) is 0 Å². The van der Waals surface area contributed by atoms with Gasteiger partial charge in [0, 0.05) is 17.0 Å². The number of rotatable bonds is 2. The van der Waals surface area contributed by atoms with Crippen molar-refractivity contribution in [3.8, 4) is 6.07 Å². The Bertz CT molecular complexity index is 744. The number of fused-ring (bicyclic) bond motifs is 1. The van der Waals surface area contributed by atoms with E-state index in [-0.39, 0.29) is 11.3 Å². The van der Waals surface area contributed by atoms with Crippen molar-refractivity contribution in [1.82, 2.24) is 9.97 Å². The Morgan fingerprint density at radius 1 is 1.09 bits per heavy atom. The molecular formula is C19H25N3. The molecular weight excluding hydrogens is 270 g/mol. The first-order valence-electron chi connectivity index (χ1n) is 7.91. The van der Waals surface area contributed by atoms with Gasteiger partial charge in [-0.3, -0.25) is 4.98 Å². The van der Waals surface area contributed by atoms with Crippen molar-refractivity contribution >= 4 is 10.9 Å². The second kappa shape index (κ2) is 5.68. The van der Waals surface area contributed by atoms with Gasteiger partial charge in [0.1, 0.15) is 6.07 Å². The van der Waals surface area contributed by atoms with E-state index in [1.807, 2.05) is 12.3 Å². The van der Waals surface area contributed by atoms with Gasteiger partial charge in [-0.05, 0) is 23.5 Å². The van der Waals surface area contributed by atoms with Gasteiger partial charge < -0.3 is 0 Å². The predicted molar refractivity (Wildman–Crippen MR) is 91.1 cm³/mol. The van der Waals surface area contributed by atoms with Crippen LogP contribution in [0.4, 0.5) is 0 Å². The molecule has 0 saturated carbocycles. The van der Waals surface area contributed by atoms with Crippen molar-refractivity contribution in [3.63, 3.8) is 0 Å². The Hall–Kier alpha value is -1.95. The zero-order chi connectivity index (χ0) is 16.7. The third-order valence-corrected chi connectivity index (χ3v) is 3.92. The summed E-state index contributed by atoms with van der Waals surface area (Å²) in [6.45, 7) is 14.9. The van der Waals surface area contributed by atoms with Crippen LogP contribution in [0.3, 0.4) is 0 Å². The van der Waals surface area contributed by atoms with Crippen molar-refractivity contribution in [2.24, 2.45) is 0 Å². The first-order valence-corrected chi connectivity index (χ1v) is 7.91. The summed E-state index contributed by atoms with van der Waals surface area (Å²) in [5, 5.41) is 10.8. The van der Waals surface area contributed by atoms with Crippen LogP contribution in [0.25, 0.3) is 10.9 Å². The SMILES string of the molecule is CC(C)c1c(C#N)c(C(C)(C)C)nc2c(C(C)C)nccc12. The normalized spacial score (nSPS) is 12.2. The summed E-state index contributed by atoms with van der Waals surface area (Å²) in [4.78, 5) is 9.44. The standard InChI is InChI=1S/C19H25N3/c1-11(2)15-13-8-9-21-16(12(3)4)17(13)22-18(14(15)10-20)19(5,6)7/h8-9,11-12H,1-7H3. The van der Waals surface area contributed by atoms with E-state index < -0.39 is 0 Å². The molecule has 3 nitrogen and oxygen atoms in total. The zero-order valence-electron chi connectivity index (χ0n) is 14.7. The summed E-state index contributed by atoms with van der Waals surface area (Å²) in [7, 11) is 0. The van der Waals surface area contributed by atoms with Crippen LogP contribution >= 0.6 is 0 Å². The van der Waals surface area contributed by atoms with Crippen LogP contribution in [0.5, 0.6) is 0 Å². The summed E-state index contributed by atoms with van der Waals surface area (Å²) < 4.78 is 0. The third-order valence-electron chi connectivity index (χ3n) is 3.92. The maximum Gasteiger partial charge on any atom is 0.101 e. The Balaban J connectivity index is 3.05. The van der Waals surface area contributed by atoms with Gasteiger partial charge in [-0.2, -0.15) is 5.26 Å². The van der Waals surface area contributed by atoms with Gasteiger partial charge in [0.05, 0.1) is 22.5 Å². The van der Waals surface area contributed by atoms with E-state index in [2.05, 4.69) is 59.5 Å². The number of hydrogen-bond acceptors (Lipinski definition) is 3. The molecule has 0 aliphatic heterocycles. The minimum absolute atomic E-state index is 0.174. The molecule has 0 aromatic carbocycles. The predicted octanol–water partition coefficient (Wildman–Crippen LogP) is 5.05. The molecule has 2 aromatic heterocycles. The van der Waals surface area contributed by atoms with Crippen LogP contribution in [-0.4, -0.2) is 9.97 Å². The molecule has 2 rings (SSSR count). The largest absolute Gasteiger partial charge is 0.259 e. The lowest BCUT2D eigenvalue weighted by atomic mass is 9.83. The van der Waals surface area contributed by atoms with E-state index in [0.717, 1.165) is 33.4 Å². The second-order valence-electron chi connectivity index (χ2n) is 7.51. The van der Waals surface area contributed by atoms with Gasteiger partial charge in [0.15, 0.2) is 0 Å². The van der Waals surface area contributed by atoms with Crippen LogP contribution < -0.4 is 0 Å². The first-order chi connectivity index (χ1) is 10.2. The summed E-state index contributed by atoms with van der Waals surface area (Å²) in [6.07, 6.45) is 1.84. The first kappa shape index (κ1) is 16.4. The molecule has 0 bridgehead atoms. The molecule has 0 fully saturated rings. The Morgan fingerprint density at radius 3 is 2.18 bits per heavy atom. The highest BCUT2D eigenvalue weighted by molar-refractivity contribution is 5.87. The molecule has 116 valence electrons. The smallest absolute Gasteiger partial charge is 0.101 e. The van der Waals surface area contributed by atoms with Gasteiger partial charge >= 0.3 is 0 Å². The second-order valence-corrected chi connectivity index (χ2v) is 7.51. The third kappa shape index (κ3) is 2.70. The minimum atomic E-state index is -0.174. The summed E-state index contributed by atoms with van der Waals surface area (Å²) in [6, 6.07) is 4.41. The molecule has 0 unspecified atom stereocenters. The van der Waals surface area contributed by atoms with E-state index in [1.54, 1.807) is 0 Å². The van der Waals surface area contributed by atoms with Crippen LogP contribution in [0, 0.1) is 11.3 Å². The summed E-state index contributed by atoms with van der Waals surface area (Å²) >= 11 is 0. The molecule has 3 heteroatoms. The molecule has 0 atom stereocenters. The van der Waals surface area contributed by atoms with Gasteiger partial charge in [-0.25, -0.2) is 4.98 Å². The maximum absolute atomic E-state index is 9.74. The minimum Gasteiger partial charge on any atom is -0.259 e. The van der Waals surface area contributed by atoms with Crippen molar-refractivity contribution in [2.45, 2.75) is 65.7 Å². The van der Waals surface area contributed by atoms with Crippen molar-refractivity contribution in [3.05, 3.63) is 34.8 Å². The fourth-order valence-corrected chi connectivity index (χ4v) is 2.91. The Kier molecular flexibility index (Phi) is 4.24. The zero-order valence-corrected chi connectivity index (χ0v) is 14.7. The van der Waals surface area contributed by atoms with Crippen molar-refractivity contribution < 1.29 is 0 Å². The topological polar surface area (TPSA) is 49.6 Å². The Morgan fingerprint density at radius 2 is 1.73 bits per heavy atom. The van der Waals surface area contributed by atoms with E-state index in [0.29, 0.717) is 5.92 Å². The van der Waals surface area contributed by atoms with Crippen LogP contribution in [0.15, 0.2) is 12.3 Å². The average Bonchev–Trinajstić information content (AvgIpc) is 2.42. The highest BCUT2D eigenvalue weighted by Gasteiger charge is 2.26. The van der Waals surface area contributed by atoms with E-state index in [9.17, 15) is 5.26 Å². The quantitative estimate of drug-likeness (QED) is 0.779. The molecule has 0 aliphatic carbocycles. The van der Waals surface area contributed by atoms with Gasteiger partial charge in [-0.15, -0.1) is 0 Å². The van der Waals surface area contributed by atoms with Gasteiger partial charge in [-0.1, -0.05) is 48.5 Å². The number of pyridine rings is 2. The highest BCUT2D eigenvalue weighted by Crippen LogP contribution is 2.36. The molecule has 0 radical (unpaired) electrons. The summed E-state index contributed by atoms with van der Waals surface area (Å²) in [5.74, 6) is 0.570. The fraction of sp³-hybridized carbons (Fsp3) is 0.526. The van der Waals surface area contributed by atoms with E-state index in [4.69, 9.17) is 4.98 Å². The summed E-state index contributed by atoms with van der Waals surface area (Å²) in [5.41, 5.74) is 4.49. The van der Waals surface area contributed by atoms with Crippen LogP contribution in [0.1, 0.15) is 82.8 Å². The monoisotopic (exact) mass is 295 g/mol. The van der Waals surface area contributed by atoms with Gasteiger partial charge in [0.25, 0.3) is 0 Å². The Labute approximate surface area is 133 Å². The number of hydrogen-bond donors (Lipinski definition) is 0.